The van der Waals surface area contributed by atoms with E-state index in [0.29, 0.717) is 0 Å². The number of nitrogens with zero attached hydrogens (tertiary/aromatic N) is 4. The monoisotopic (exact) mass is 459 g/mol. The first-order valence-electron chi connectivity index (χ1n) is 11.2. The molecule has 0 aliphatic carbocycles. The van der Waals surface area contributed by atoms with E-state index in [4.69, 9.17) is 5.73 Å². The average Bonchev–Trinajstić information content (AvgIpc) is 3.54. The van der Waals surface area contributed by atoms with Crippen LogP contribution >= 0.6 is 0 Å². The summed E-state index contributed by atoms with van der Waals surface area (Å²) in [5.74, 6) is -0.737. The standard InChI is InChI=1S/C28H21N5O2/c1-17-12-25(28(29)35)31-33(17)23-7-9-26-21(14-23)10-11-32(26)16-18-2-4-19(5-3-18)20-6-8-24-22(13-20)15-27(34)30-24/h2-15H,16H2,1H3,(H2,29,35). The van der Waals surface area contributed by atoms with Gasteiger partial charge >= 0.3 is 0 Å². The third kappa shape index (κ3) is 3.73. The molecule has 3 heterocycles. The number of benzene rings is 3. The molecule has 6 rings (SSSR count). The Kier molecular flexibility index (Phi) is 4.70. The fourth-order valence-corrected chi connectivity index (χ4v) is 4.55. The summed E-state index contributed by atoms with van der Waals surface area (Å²) >= 11 is 0. The van der Waals surface area contributed by atoms with Crippen molar-refractivity contribution in [2.45, 2.75) is 13.5 Å². The van der Waals surface area contributed by atoms with Gasteiger partial charge < -0.3 is 10.3 Å². The summed E-state index contributed by atoms with van der Waals surface area (Å²) in [4.78, 5) is 27.0. The maximum absolute atomic E-state index is 11.5. The second-order valence-corrected chi connectivity index (χ2v) is 8.70. The maximum atomic E-state index is 11.5. The molecule has 35 heavy (non-hydrogen) atoms. The third-order valence-electron chi connectivity index (χ3n) is 6.32. The van der Waals surface area contributed by atoms with Crippen LogP contribution < -0.4 is 16.3 Å². The predicted molar refractivity (Wildman–Crippen MR) is 134 cm³/mol. The van der Waals surface area contributed by atoms with Crippen LogP contribution in [0.3, 0.4) is 0 Å². The van der Waals surface area contributed by atoms with Crippen LogP contribution in [-0.4, -0.2) is 26.2 Å². The van der Waals surface area contributed by atoms with Crippen molar-refractivity contribution in [3.8, 4) is 16.8 Å². The minimum Gasteiger partial charge on any atom is -0.364 e. The van der Waals surface area contributed by atoms with Crippen molar-refractivity contribution in [3.63, 3.8) is 0 Å². The molecular formula is C28H21N5O2. The van der Waals surface area contributed by atoms with Gasteiger partial charge in [0.15, 0.2) is 5.69 Å². The molecule has 0 spiro atoms. The van der Waals surface area contributed by atoms with E-state index in [1.165, 1.54) is 5.56 Å². The molecule has 7 heteroatoms. The molecule has 0 bridgehead atoms. The summed E-state index contributed by atoms with van der Waals surface area (Å²) in [7, 11) is 0. The molecule has 0 saturated heterocycles. The van der Waals surface area contributed by atoms with Crippen molar-refractivity contribution >= 4 is 28.8 Å². The van der Waals surface area contributed by atoms with Gasteiger partial charge in [-0.1, -0.05) is 30.3 Å². The number of hydrogen-bond donors (Lipinski definition) is 1. The lowest BCUT2D eigenvalue weighted by Crippen LogP contribution is -2.20. The zero-order valence-electron chi connectivity index (χ0n) is 19.0. The van der Waals surface area contributed by atoms with Gasteiger partial charge in [0.05, 0.1) is 11.0 Å². The number of hydrogen-bond acceptors (Lipinski definition) is 3. The largest absolute Gasteiger partial charge is 0.364 e. The van der Waals surface area contributed by atoms with E-state index in [-0.39, 0.29) is 11.6 Å². The Morgan fingerprint density at radius 2 is 1.74 bits per heavy atom. The molecule has 1 aliphatic rings. The van der Waals surface area contributed by atoms with Gasteiger partial charge in [0.2, 0.25) is 0 Å². The quantitative estimate of drug-likeness (QED) is 0.438. The van der Waals surface area contributed by atoms with Gasteiger partial charge in [-0.2, -0.15) is 5.10 Å². The van der Waals surface area contributed by atoms with Gasteiger partial charge in [0, 0.05) is 40.6 Å². The van der Waals surface area contributed by atoms with Crippen LogP contribution in [0.2, 0.25) is 0 Å². The molecule has 2 amide bonds. The zero-order chi connectivity index (χ0) is 24.1. The van der Waals surface area contributed by atoms with E-state index < -0.39 is 5.91 Å². The van der Waals surface area contributed by atoms with Crippen molar-refractivity contribution in [1.29, 1.82) is 0 Å². The van der Waals surface area contributed by atoms with Crippen LogP contribution in [0.25, 0.3) is 33.8 Å². The van der Waals surface area contributed by atoms with Crippen molar-refractivity contribution in [2.75, 3.05) is 0 Å². The minimum absolute atomic E-state index is 0.200. The summed E-state index contributed by atoms with van der Waals surface area (Å²) in [5, 5.41) is 7.01. The number of nitrogens with two attached hydrogens (primary N) is 1. The normalized spacial score (nSPS) is 12.4. The summed E-state index contributed by atoms with van der Waals surface area (Å²) in [6, 6.07) is 24.2. The Balaban J connectivity index is 1.25. The lowest BCUT2D eigenvalue weighted by Gasteiger charge is -2.09. The first-order valence-corrected chi connectivity index (χ1v) is 11.2. The molecule has 170 valence electrons. The first-order chi connectivity index (χ1) is 16.9. The molecule has 1 aliphatic heterocycles. The number of amides is 2. The average molecular weight is 460 g/mol. The molecule has 0 unspecified atom stereocenters. The second kappa shape index (κ2) is 7.92. The third-order valence-corrected chi connectivity index (χ3v) is 6.32. The van der Waals surface area contributed by atoms with Crippen LogP contribution in [0, 0.1) is 6.92 Å². The highest BCUT2D eigenvalue weighted by atomic mass is 16.1. The minimum atomic E-state index is -0.537. The summed E-state index contributed by atoms with van der Waals surface area (Å²) in [6.07, 6.45) is 3.64. The first kappa shape index (κ1) is 20.8. The number of aromatic nitrogens is 3. The van der Waals surface area contributed by atoms with Gasteiger partial charge in [0.1, 0.15) is 0 Å². The molecular weight excluding hydrogens is 438 g/mol. The maximum Gasteiger partial charge on any atom is 0.270 e. The summed E-state index contributed by atoms with van der Waals surface area (Å²) in [5.41, 5.74) is 11.8. The fourth-order valence-electron chi connectivity index (χ4n) is 4.55. The Morgan fingerprint density at radius 3 is 2.51 bits per heavy atom. The van der Waals surface area contributed by atoms with Crippen LogP contribution in [0.5, 0.6) is 0 Å². The zero-order valence-corrected chi connectivity index (χ0v) is 19.0. The molecule has 3 aromatic carbocycles. The fraction of sp³-hybridized carbons (Fsp3) is 0.0714. The Morgan fingerprint density at radius 1 is 0.943 bits per heavy atom. The van der Waals surface area contributed by atoms with E-state index in [1.54, 1.807) is 16.8 Å². The number of carbonyl (C=O) groups excluding carboxylic acids is 2. The molecule has 0 fully saturated rings. The van der Waals surface area contributed by atoms with Crippen LogP contribution in [0.15, 0.2) is 84.0 Å². The number of carbonyl (C=O) groups is 2. The van der Waals surface area contributed by atoms with Crippen LogP contribution in [0.1, 0.15) is 21.7 Å². The molecule has 0 saturated carbocycles. The summed E-state index contributed by atoms with van der Waals surface area (Å²) in [6.45, 7) is 2.63. The molecule has 5 aromatic rings. The highest BCUT2D eigenvalue weighted by Crippen LogP contribution is 2.23. The molecule has 2 N–H and O–H groups in total. The molecule has 0 atom stereocenters. The number of primary amides is 1. The van der Waals surface area contributed by atoms with Gasteiger partial charge in [-0.05, 0) is 66.1 Å². The number of rotatable bonds is 5. The SMILES string of the molecule is Cc1cc(C(N)=O)nn1-c1ccc2c(ccn2Cc2ccc(-c3ccc4c(c3)=CC(=O)N=4)cc2)c1. The Hall–Kier alpha value is -4.78. The lowest BCUT2D eigenvalue weighted by atomic mass is 10.0. The van der Waals surface area contributed by atoms with E-state index >= 15 is 0 Å². The van der Waals surface area contributed by atoms with Gasteiger partial charge in [-0.25, -0.2) is 9.67 Å². The smallest absolute Gasteiger partial charge is 0.270 e. The highest BCUT2D eigenvalue weighted by molar-refractivity contribution is 6.06. The van der Waals surface area contributed by atoms with Gasteiger partial charge in [-0.15, -0.1) is 0 Å². The Bertz CT molecular complexity index is 1770. The highest BCUT2D eigenvalue weighted by Gasteiger charge is 2.12. The van der Waals surface area contributed by atoms with Crippen molar-refractivity contribution in [3.05, 3.63) is 107 Å². The lowest BCUT2D eigenvalue weighted by molar-refractivity contribution is -0.112. The van der Waals surface area contributed by atoms with Crippen LogP contribution in [0.4, 0.5) is 0 Å². The molecule has 2 aromatic heterocycles. The van der Waals surface area contributed by atoms with E-state index in [2.05, 4.69) is 63.3 Å². The molecule has 0 radical (unpaired) electrons. The number of fused-ring (bicyclic) bond motifs is 2. The van der Waals surface area contributed by atoms with Gasteiger partial charge in [-0.3, -0.25) is 9.59 Å². The van der Waals surface area contributed by atoms with Crippen LogP contribution in [-0.2, 0) is 11.3 Å². The van der Waals surface area contributed by atoms with E-state index in [9.17, 15) is 9.59 Å². The van der Waals surface area contributed by atoms with Crippen molar-refractivity contribution in [2.24, 2.45) is 10.7 Å². The summed E-state index contributed by atoms with van der Waals surface area (Å²) < 4.78 is 3.94. The van der Waals surface area contributed by atoms with Crippen molar-refractivity contribution < 1.29 is 9.59 Å². The topological polar surface area (TPSA) is 95.3 Å². The number of aryl methyl sites for hydroxylation is 1. The van der Waals surface area contributed by atoms with Gasteiger partial charge in [0.25, 0.3) is 11.8 Å². The van der Waals surface area contributed by atoms with E-state index in [1.807, 2.05) is 31.2 Å². The molecule has 7 nitrogen and oxygen atoms in total. The van der Waals surface area contributed by atoms with Crippen molar-refractivity contribution in [1.82, 2.24) is 14.3 Å². The Labute approximate surface area is 200 Å². The predicted octanol–water partition coefficient (Wildman–Crippen LogP) is 2.89. The van der Waals surface area contributed by atoms with E-state index in [0.717, 1.165) is 50.5 Å². The second-order valence-electron chi connectivity index (χ2n) is 8.70.